The Labute approximate surface area is 97.7 Å². The van der Waals surface area contributed by atoms with E-state index in [1.807, 2.05) is 0 Å². The maximum Gasteiger partial charge on any atom is 0.422 e. The van der Waals surface area contributed by atoms with Gasteiger partial charge in [-0.15, -0.1) is 0 Å². The minimum atomic E-state index is -4.63. The molecule has 9 heteroatoms. The van der Waals surface area contributed by atoms with Crippen LogP contribution in [0.2, 0.25) is 0 Å². The summed E-state index contributed by atoms with van der Waals surface area (Å²) >= 11 is 0. The van der Waals surface area contributed by atoms with Gasteiger partial charge in [0.25, 0.3) is 5.69 Å². The van der Waals surface area contributed by atoms with Gasteiger partial charge in [-0.1, -0.05) is 0 Å². The number of benzene rings is 1. The van der Waals surface area contributed by atoms with Crippen molar-refractivity contribution in [2.75, 3.05) is 6.61 Å². The van der Waals surface area contributed by atoms with Crippen LogP contribution in [-0.2, 0) is 0 Å². The van der Waals surface area contributed by atoms with E-state index in [1.165, 1.54) is 0 Å². The zero-order valence-electron chi connectivity index (χ0n) is 8.60. The Bertz CT molecular complexity index is 486. The van der Waals surface area contributed by atoms with Crippen molar-refractivity contribution in [2.24, 2.45) is 0 Å². The van der Waals surface area contributed by atoms with E-state index in [1.54, 1.807) is 0 Å². The minimum Gasteiger partial charge on any atom is -0.483 e. The van der Waals surface area contributed by atoms with Crippen molar-refractivity contribution in [1.82, 2.24) is 0 Å². The number of ether oxygens (including phenoxy) is 1. The number of carbonyl (C=O) groups is 1. The number of hydrogen-bond acceptors (Lipinski definition) is 4. The fourth-order valence-electron chi connectivity index (χ4n) is 1.08. The van der Waals surface area contributed by atoms with Crippen molar-refractivity contribution in [2.45, 2.75) is 6.18 Å². The third-order valence-electron chi connectivity index (χ3n) is 1.80. The van der Waals surface area contributed by atoms with Crippen LogP contribution in [0, 0.1) is 10.1 Å². The highest BCUT2D eigenvalue weighted by Gasteiger charge is 2.29. The monoisotopic (exact) mass is 265 g/mol. The average Bonchev–Trinajstić information content (AvgIpc) is 2.24. The van der Waals surface area contributed by atoms with Crippen molar-refractivity contribution in [1.29, 1.82) is 0 Å². The van der Waals surface area contributed by atoms with Crippen molar-refractivity contribution in [3.63, 3.8) is 0 Å². The van der Waals surface area contributed by atoms with Crippen LogP contribution in [0.1, 0.15) is 10.4 Å². The van der Waals surface area contributed by atoms with Crippen LogP contribution in [0.25, 0.3) is 0 Å². The van der Waals surface area contributed by atoms with Gasteiger partial charge >= 0.3 is 12.1 Å². The van der Waals surface area contributed by atoms with Crippen molar-refractivity contribution >= 4 is 11.7 Å². The number of carboxylic acids is 1. The molecule has 0 heterocycles. The quantitative estimate of drug-likeness (QED) is 0.666. The van der Waals surface area contributed by atoms with Gasteiger partial charge in [0, 0.05) is 12.1 Å². The van der Waals surface area contributed by atoms with Gasteiger partial charge in [0.1, 0.15) is 11.3 Å². The smallest absolute Gasteiger partial charge is 0.422 e. The first-order valence-corrected chi connectivity index (χ1v) is 4.42. The molecule has 1 N–H and O–H groups in total. The van der Waals surface area contributed by atoms with Gasteiger partial charge in [-0.2, -0.15) is 13.2 Å². The minimum absolute atomic E-state index is 0.549. The topological polar surface area (TPSA) is 89.7 Å². The van der Waals surface area contributed by atoms with Crippen LogP contribution < -0.4 is 4.74 Å². The molecule has 0 aliphatic carbocycles. The van der Waals surface area contributed by atoms with E-state index in [0.29, 0.717) is 6.07 Å². The Kier molecular flexibility index (Phi) is 3.74. The molecule has 0 saturated carbocycles. The highest BCUT2D eigenvalue weighted by Crippen LogP contribution is 2.26. The van der Waals surface area contributed by atoms with Gasteiger partial charge in [0.2, 0.25) is 0 Å². The average molecular weight is 265 g/mol. The van der Waals surface area contributed by atoms with Gasteiger partial charge in [0.15, 0.2) is 6.61 Å². The first kappa shape index (κ1) is 13.7. The van der Waals surface area contributed by atoms with E-state index in [4.69, 9.17) is 5.11 Å². The lowest BCUT2D eigenvalue weighted by atomic mass is 10.2. The summed E-state index contributed by atoms with van der Waals surface area (Å²) in [5.41, 5.74) is -1.25. The normalized spacial score (nSPS) is 11.1. The van der Waals surface area contributed by atoms with E-state index < -0.39 is 40.7 Å². The fourth-order valence-corrected chi connectivity index (χ4v) is 1.08. The SMILES string of the molecule is O=C(O)c1cc([N+](=O)[O-])ccc1OCC(F)(F)F. The van der Waals surface area contributed by atoms with Crippen molar-refractivity contribution in [3.05, 3.63) is 33.9 Å². The molecular weight excluding hydrogens is 259 g/mol. The predicted molar refractivity (Wildman–Crippen MR) is 51.6 cm³/mol. The summed E-state index contributed by atoms with van der Waals surface area (Å²) < 4.78 is 40.0. The van der Waals surface area contributed by atoms with Crippen molar-refractivity contribution < 1.29 is 32.7 Å². The predicted octanol–water partition coefficient (Wildman–Crippen LogP) is 2.23. The van der Waals surface area contributed by atoms with E-state index >= 15 is 0 Å². The maximum atomic E-state index is 11.9. The van der Waals surface area contributed by atoms with E-state index in [2.05, 4.69) is 4.74 Å². The third kappa shape index (κ3) is 3.61. The number of non-ortho nitro benzene ring substituents is 1. The maximum absolute atomic E-state index is 11.9. The molecule has 0 aromatic heterocycles. The Morgan fingerprint density at radius 2 is 2.06 bits per heavy atom. The lowest BCUT2D eigenvalue weighted by Crippen LogP contribution is -2.20. The summed E-state index contributed by atoms with van der Waals surface area (Å²) in [5.74, 6) is -2.19. The molecule has 0 spiro atoms. The lowest BCUT2D eigenvalue weighted by Gasteiger charge is -2.10. The fraction of sp³-hybridized carbons (Fsp3) is 0.222. The second kappa shape index (κ2) is 4.90. The van der Waals surface area contributed by atoms with Gasteiger partial charge in [-0.25, -0.2) is 4.79 Å². The third-order valence-corrected chi connectivity index (χ3v) is 1.80. The number of carboxylic acid groups (broad SMARTS) is 1. The number of alkyl halides is 3. The Balaban J connectivity index is 3.05. The first-order chi connectivity index (χ1) is 8.20. The summed E-state index contributed by atoms with van der Waals surface area (Å²) in [7, 11) is 0. The summed E-state index contributed by atoms with van der Waals surface area (Å²) in [6.07, 6.45) is -4.63. The number of rotatable bonds is 4. The van der Waals surface area contributed by atoms with Crippen LogP contribution in [0.15, 0.2) is 18.2 Å². The highest BCUT2D eigenvalue weighted by molar-refractivity contribution is 5.91. The Morgan fingerprint density at radius 3 is 2.50 bits per heavy atom. The molecule has 1 aromatic rings. The van der Waals surface area contributed by atoms with Crippen molar-refractivity contribution in [3.8, 4) is 5.75 Å². The molecular formula is C9H6F3NO5. The molecule has 0 aliphatic rings. The van der Waals surface area contributed by atoms with Crippen LogP contribution in [0.4, 0.5) is 18.9 Å². The molecule has 0 fully saturated rings. The molecule has 1 aromatic carbocycles. The number of nitro groups is 1. The van der Waals surface area contributed by atoms with Crippen LogP contribution in [0.5, 0.6) is 5.75 Å². The summed E-state index contributed by atoms with van der Waals surface area (Å²) in [4.78, 5) is 20.3. The van der Waals surface area contributed by atoms with E-state index in [0.717, 1.165) is 12.1 Å². The number of nitrogens with zero attached hydrogens (tertiary/aromatic N) is 1. The number of halogens is 3. The Hall–Kier alpha value is -2.32. The van der Waals surface area contributed by atoms with Gasteiger partial charge in [0.05, 0.1) is 4.92 Å². The van der Waals surface area contributed by atoms with Crippen LogP contribution >= 0.6 is 0 Å². The summed E-state index contributed by atoms with van der Waals surface area (Å²) in [6, 6.07) is 2.31. The molecule has 0 atom stereocenters. The van der Waals surface area contributed by atoms with Crippen LogP contribution in [-0.4, -0.2) is 28.8 Å². The van der Waals surface area contributed by atoms with Crippen LogP contribution in [0.3, 0.4) is 0 Å². The van der Waals surface area contributed by atoms with Gasteiger partial charge in [-0.3, -0.25) is 10.1 Å². The zero-order valence-corrected chi connectivity index (χ0v) is 8.60. The molecule has 18 heavy (non-hydrogen) atoms. The molecule has 0 radical (unpaired) electrons. The van der Waals surface area contributed by atoms with E-state index in [-0.39, 0.29) is 0 Å². The number of aromatic carboxylic acids is 1. The highest BCUT2D eigenvalue weighted by atomic mass is 19.4. The Morgan fingerprint density at radius 1 is 1.44 bits per heavy atom. The summed E-state index contributed by atoms with van der Waals surface area (Å²) in [5, 5.41) is 19.1. The lowest BCUT2D eigenvalue weighted by molar-refractivity contribution is -0.384. The molecule has 0 aliphatic heterocycles. The van der Waals surface area contributed by atoms with Gasteiger partial charge < -0.3 is 9.84 Å². The largest absolute Gasteiger partial charge is 0.483 e. The molecule has 0 amide bonds. The summed E-state index contributed by atoms with van der Waals surface area (Å²) in [6.45, 7) is -1.68. The zero-order chi connectivity index (χ0) is 13.9. The van der Waals surface area contributed by atoms with E-state index in [9.17, 15) is 28.1 Å². The van der Waals surface area contributed by atoms with Gasteiger partial charge in [-0.05, 0) is 6.07 Å². The molecule has 1 rings (SSSR count). The second-order valence-electron chi connectivity index (χ2n) is 3.15. The first-order valence-electron chi connectivity index (χ1n) is 4.42. The molecule has 0 bridgehead atoms. The number of hydrogen-bond donors (Lipinski definition) is 1. The molecule has 0 saturated heterocycles. The number of nitro benzene ring substituents is 1. The standard InChI is InChI=1S/C9H6F3NO5/c10-9(11,12)4-18-7-2-1-5(13(16)17)3-6(7)8(14)15/h1-3H,4H2,(H,14,15). The molecule has 98 valence electrons. The molecule has 6 nitrogen and oxygen atoms in total. The second-order valence-corrected chi connectivity index (χ2v) is 3.15. The molecule has 0 unspecified atom stereocenters.